The van der Waals surface area contributed by atoms with Crippen molar-refractivity contribution in [3.63, 3.8) is 0 Å². The molecular weight excluding hydrogens is 1450 g/mol. The standard InChI is InChI=1S/C80H100ClN15O15/c1-46(2)37-63(71(101)89-62(18-11-12-35-83-47(3)4)79(109)96-36-14-19-69(96)77(107)85-48(5)80(110)111)90-73(103)66(40-53-23-30-60(31-24-53)86-49(6)98)92-75(105)67(41-54-25-32-61(33-26-54)87-50(7)99)94-78(108)70(84-45-97)95-76(106)68(43-56-15-13-34-82-44-56)93-74(104)65(39-52-21-28-59(81)29-22-52)91-72(102)64(88-51(8)100)42-55-20-27-57-16-9-10-17-58(57)38-55/h9-10,13,15-17,20-34,38,44-48,62-70,83H,11-12,14,18-19,35-37,39-43H2,1-8H3,(H,84,97)(H,85,107)(H,86,98)(H,87,99)(H,88,100)(H,89,101)(H,90,103)(H,91,102)(H,92,105)(H,93,104)(H,94,108)(H,95,106)(H,110,111)/t48-,62+,63+,64-,65-,66-,67+,68-,69+,70-/m1/s1. The summed E-state index contributed by atoms with van der Waals surface area (Å²) in [7, 11) is 0. The van der Waals surface area contributed by atoms with E-state index in [4.69, 9.17) is 11.6 Å². The highest BCUT2D eigenvalue weighted by Gasteiger charge is 2.41. The van der Waals surface area contributed by atoms with E-state index >= 15 is 9.59 Å². The van der Waals surface area contributed by atoms with E-state index in [1.165, 1.54) is 57.1 Å². The van der Waals surface area contributed by atoms with Gasteiger partial charge in [-0.15, -0.1) is 0 Å². The molecule has 1 fully saturated rings. The first-order chi connectivity index (χ1) is 52.9. The zero-order valence-electron chi connectivity index (χ0n) is 63.4. The summed E-state index contributed by atoms with van der Waals surface area (Å²) in [6.07, 6.45) is 1.68. The number of fused-ring (bicyclic) bond motifs is 1. The molecular formula is C80H100ClN15O15. The average Bonchev–Trinajstić information content (AvgIpc) is 1.79. The summed E-state index contributed by atoms with van der Waals surface area (Å²) in [6, 6.07) is 23.0. The maximum absolute atomic E-state index is 15.3. The van der Waals surface area contributed by atoms with Gasteiger partial charge in [-0.3, -0.25) is 72.1 Å². The SMILES string of the molecule is CC(=O)Nc1ccc(C[C@H](NC(=O)[C@H](NC=O)NC(=O)[C@@H](Cc2cccnc2)NC(=O)[C@@H](Cc2ccc(Cl)cc2)NC(=O)[C@@H](Cc2ccc3ccccc3c2)NC(C)=O)C(=O)N[C@H](Cc2ccc(NC(C)=O)cc2)C(=O)N[C@@H](CC(C)C)C(=O)N[C@@H](CCCCNC(C)C)C(=O)N2CCC[C@H]2C(=O)N[C@H](C)C(=O)O)cc1. The molecule has 2 heterocycles. The second-order valence-corrected chi connectivity index (χ2v) is 28.7. The van der Waals surface area contributed by atoms with E-state index in [1.54, 1.807) is 86.6 Å². The number of likely N-dealkylation sites (tertiary alicyclic amines) is 1. The highest BCUT2D eigenvalue weighted by Crippen LogP contribution is 2.23. The summed E-state index contributed by atoms with van der Waals surface area (Å²) in [5.74, 6) is -10.7. The number of nitrogens with zero attached hydrogens (tertiary/aromatic N) is 2. The topological polar surface area (TPSA) is 432 Å². The third-order valence-electron chi connectivity index (χ3n) is 18.2. The zero-order valence-corrected chi connectivity index (χ0v) is 64.2. The lowest BCUT2D eigenvalue weighted by Gasteiger charge is -2.31. The van der Waals surface area contributed by atoms with Crippen LogP contribution in [0.2, 0.25) is 5.02 Å². The number of nitrogens with one attached hydrogen (secondary N) is 13. The van der Waals surface area contributed by atoms with E-state index in [-0.39, 0.29) is 88.1 Å². The van der Waals surface area contributed by atoms with Crippen molar-refractivity contribution >= 4 is 117 Å². The van der Waals surface area contributed by atoms with Crippen LogP contribution in [0.1, 0.15) is 122 Å². The molecule has 6 aromatic rings. The van der Waals surface area contributed by atoms with Crippen molar-refractivity contribution in [1.82, 2.24) is 68.4 Å². The number of aromatic nitrogens is 1. The molecule has 0 radical (unpaired) electrons. The lowest BCUT2D eigenvalue weighted by molar-refractivity contribution is -0.144. The van der Waals surface area contributed by atoms with Crippen LogP contribution in [0.25, 0.3) is 10.8 Å². The maximum Gasteiger partial charge on any atom is 0.325 e. The number of aliphatic carboxylic acids is 1. The summed E-state index contributed by atoms with van der Waals surface area (Å²) >= 11 is 6.26. The van der Waals surface area contributed by atoms with Gasteiger partial charge in [0.1, 0.15) is 54.4 Å². The van der Waals surface area contributed by atoms with Crippen molar-refractivity contribution < 1.29 is 72.2 Å². The Kier molecular flexibility index (Phi) is 33.5. The fraction of sp³-hybridized carbons (Fsp3) is 0.412. The van der Waals surface area contributed by atoms with E-state index in [0.717, 1.165) is 10.8 Å². The fourth-order valence-corrected chi connectivity index (χ4v) is 12.8. The molecule has 13 amide bonds. The zero-order chi connectivity index (χ0) is 80.8. The molecule has 592 valence electrons. The molecule has 0 aliphatic carbocycles. The lowest BCUT2D eigenvalue weighted by Crippen LogP contribution is -2.63. The molecule has 5 aromatic carbocycles. The van der Waals surface area contributed by atoms with E-state index in [2.05, 4.69) is 74.1 Å². The van der Waals surface area contributed by atoms with E-state index in [9.17, 15) is 62.6 Å². The van der Waals surface area contributed by atoms with Crippen LogP contribution in [-0.4, -0.2) is 178 Å². The van der Waals surface area contributed by atoms with Crippen molar-refractivity contribution in [3.05, 3.63) is 173 Å². The predicted octanol–water partition coefficient (Wildman–Crippen LogP) is 3.71. The van der Waals surface area contributed by atoms with Gasteiger partial charge in [0.05, 0.1) is 0 Å². The van der Waals surface area contributed by atoms with Gasteiger partial charge in [-0.05, 0) is 139 Å². The molecule has 0 bridgehead atoms. The second kappa shape index (κ2) is 42.9. The number of rotatable bonds is 41. The number of halogens is 1. The Morgan fingerprint density at radius 2 is 0.973 bits per heavy atom. The minimum absolute atomic E-state index is 0.00427. The third-order valence-corrected chi connectivity index (χ3v) is 18.5. The summed E-state index contributed by atoms with van der Waals surface area (Å²) in [6.45, 7) is 13.4. The van der Waals surface area contributed by atoms with Gasteiger partial charge < -0.3 is 79.1 Å². The second-order valence-electron chi connectivity index (χ2n) is 28.3. The maximum atomic E-state index is 15.3. The highest BCUT2D eigenvalue weighted by molar-refractivity contribution is 6.30. The number of pyridine rings is 1. The van der Waals surface area contributed by atoms with Crippen LogP contribution >= 0.6 is 11.6 Å². The first-order valence-corrected chi connectivity index (χ1v) is 37.3. The molecule has 1 aliphatic rings. The number of carboxylic acids is 1. The molecule has 10 atom stereocenters. The Bertz CT molecular complexity index is 4250. The van der Waals surface area contributed by atoms with Crippen LogP contribution < -0.4 is 69.1 Å². The number of carbonyl (C=O) groups excluding carboxylic acids is 13. The van der Waals surface area contributed by atoms with E-state index < -0.39 is 126 Å². The summed E-state index contributed by atoms with van der Waals surface area (Å²) in [5, 5.41) is 46.9. The number of carboxylic acid groups (broad SMARTS) is 1. The molecule has 111 heavy (non-hydrogen) atoms. The highest BCUT2D eigenvalue weighted by atomic mass is 35.5. The number of hydrogen-bond donors (Lipinski definition) is 14. The minimum atomic E-state index is -2.02. The molecule has 1 aliphatic heterocycles. The molecule has 1 saturated heterocycles. The fourth-order valence-electron chi connectivity index (χ4n) is 12.6. The van der Waals surface area contributed by atoms with Crippen LogP contribution in [0.4, 0.5) is 11.4 Å². The summed E-state index contributed by atoms with van der Waals surface area (Å²) in [4.78, 5) is 200. The van der Waals surface area contributed by atoms with Crippen molar-refractivity contribution in [2.75, 3.05) is 23.7 Å². The molecule has 30 nitrogen and oxygen atoms in total. The Morgan fingerprint density at radius 3 is 1.47 bits per heavy atom. The van der Waals surface area contributed by atoms with Crippen LogP contribution in [0.5, 0.6) is 0 Å². The van der Waals surface area contributed by atoms with Crippen molar-refractivity contribution in [2.45, 2.75) is 193 Å². The largest absolute Gasteiger partial charge is 0.480 e. The molecule has 7 rings (SSSR count). The number of carbonyl (C=O) groups is 14. The van der Waals surface area contributed by atoms with Crippen LogP contribution in [-0.2, 0) is 99.2 Å². The van der Waals surface area contributed by atoms with Gasteiger partial charge in [0, 0.05) is 94.3 Å². The number of benzene rings is 5. The number of hydrogen-bond acceptors (Lipinski definition) is 16. The molecule has 14 N–H and O–H groups in total. The van der Waals surface area contributed by atoms with E-state index in [0.29, 0.717) is 70.0 Å². The van der Waals surface area contributed by atoms with Crippen LogP contribution in [0.15, 0.2) is 140 Å². The average molecular weight is 1550 g/mol. The number of amides is 13. The third kappa shape index (κ3) is 28.4. The monoisotopic (exact) mass is 1550 g/mol. The summed E-state index contributed by atoms with van der Waals surface area (Å²) in [5.41, 5.74) is 3.21. The smallest absolute Gasteiger partial charge is 0.325 e. The van der Waals surface area contributed by atoms with Crippen LogP contribution in [0, 0.1) is 5.92 Å². The molecule has 1 aromatic heterocycles. The predicted molar refractivity (Wildman–Crippen MR) is 416 cm³/mol. The lowest BCUT2D eigenvalue weighted by atomic mass is 9.99. The molecule has 0 unspecified atom stereocenters. The van der Waals surface area contributed by atoms with Gasteiger partial charge in [0.25, 0.3) is 5.91 Å². The van der Waals surface area contributed by atoms with Crippen molar-refractivity contribution in [2.24, 2.45) is 5.92 Å². The quantitative estimate of drug-likeness (QED) is 0.0148. The van der Waals surface area contributed by atoms with E-state index in [1.807, 2.05) is 56.3 Å². The first-order valence-electron chi connectivity index (χ1n) is 36.9. The Balaban J connectivity index is 1.19. The molecule has 0 spiro atoms. The number of anilines is 2. The van der Waals surface area contributed by atoms with Gasteiger partial charge in [0.2, 0.25) is 71.4 Å². The van der Waals surface area contributed by atoms with Crippen molar-refractivity contribution in [1.29, 1.82) is 0 Å². The van der Waals surface area contributed by atoms with Gasteiger partial charge in [-0.1, -0.05) is 124 Å². The molecule has 0 saturated carbocycles. The Morgan fingerprint density at radius 1 is 0.505 bits per heavy atom. The van der Waals surface area contributed by atoms with Crippen molar-refractivity contribution in [3.8, 4) is 0 Å². The van der Waals surface area contributed by atoms with Gasteiger partial charge in [-0.25, -0.2) is 0 Å². The number of unbranched alkanes of at least 4 members (excludes halogenated alkanes) is 1. The van der Waals surface area contributed by atoms with Gasteiger partial charge >= 0.3 is 5.97 Å². The Hall–Kier alpha value is -11.7. The van der Waals surface area contributed by atoms with Gasteiger partial charge in [-0.2, -0.15) is 0 Å². The van der Waals surface area contributed by atoms with Gasteiger partial charge in [0.15, 0.2) is 6.17 Å². The molecule has 31 heteroatoms. The Labute approximate surface area is 649 Å². The van der Waals surface area contributed by atoms with Crippen LogP contribution in [0.3, 0.4) is 0 Å². The summed E-state index contributed by atoms with van der Waals surface area (Å²) < 4.78 is 0. The normalized spacial score (nSPS) is 14.9. The minimum Gasteiger partial charge on any atom is -0.480 e. The first kappa shape index (κ1) is 86.6.